The van der Waals surface area contributed by atoms with Gasteiger partial charge in [0.2, 0.25) is 0 Å². The lowest BCUT2D eigenvalue weighted by atomic mass is 10.1. The summed E-state index contributed by atoms with van der Waals surface area (Å²) in [6, 6.07) is 5.89. The smallest absolute Gasteiger partial charge is 0.315 e. The van der Waals surface area contributed by atoms with Crippen LogP contribution in [0.4, 0.5) is 4.79 Å². The Labute approximate surface area is 93.8 Å². The second kappa shape index (κ2) is 3.79. The molecule has 1 aromatic rings. The highest BCUT2D eigenvalue weighted by atomic mass is 32.2. The van der Waals surface area contributed by atoms with Gasteiger partial charge >= 0.3 is 6.03 Å². The fraction of sp³-hybridized carbons (Fsp3) is 0.300. The van der Waals surface area contributed by atoms with Crippen LogP contribution in [0, 0.1) is 0 Å². The molecule has 6 heteroatoms. The summed E-state index contributed by atoms with van der Waals surface area (Å²) in [5.74, 6) is -0.0697. The van der Waals surface area contributed by atoms with Crippen LogP contribution in [-0.4, -0.2) is 27.2 Å². The molecule has 0 saturated heterocycles. The molecular formula is C10H12N2O3S. The second-order valence-electron chi connectivity index (χ2n) is 3.60. The average molecular weight is 240 g/mol. The van der Waals surface area contributed by atoms with Crippen LogP contribution in [-0.2, 0) is 9.84 Å². The first-order valence-corrected chi connectivity index (χ1v) is 6.50. The normalized spacial score (nSPS) is 21.2. The maximum atomic E-state index is 11.8. The molecule has 0 fully saturated rings. The van der Waals surface area contributed by atoms with Crippen LogP contribution in [0.1, 0.15) is 11.6 Å². The number of hydrogen-bond donors (Lipinski definition) is 2. The molecule has 0 spiro atoms. The van der Waals surface area contributed by atoms with E-state index in [1.165, 1.54) is 7.05 Å². The third kappa shape index (κ3) is 1.76. The van der Waals surface area contributed by atoms with Crippen LogP contribution in [0.15, 0.2) is 29.2 Å². The Balaban J connectivity index is 2.37. The van der Waals surface area contributed by atoms with Gasteiger partial charge in [0, 0.05) is 7.05 Å². The van der Waals surface area contributed by atoms with Gasteiger partial charge in [-0.15, -0.1) is 0 Å². The van der Waals surface area contributed by atoms with Crippen molar-refractivity contribution in [1.29, 1.82) is 0 Å². The number of rotatable bonds is 1. The number of carbonyl (C=O) groups is 1. The molecule has 16 heavy (non-hydrogen) atoms. The zero-order valence-electron chi connectivity index (χ0n) is 8.73. The molecule has 1 aromatic carbocycles. The highest BCUT2D eigenvalue weighted by Crippen LogP contribution is 2.32. The van der Waals surface area contributed by atoms with Gasteiger partial charge in [-0.2, -0.15) is 0 Å². The number of carbonyl (C=O) groups excluding carboxylic acids is 1. The van der Waals surface area contributed by atoms with E-state index in [-0.39, 0.29) is 11.8 Å². The Morgan fingerprint density at radius 3 is 2.75 bits per heavy atom. The summed E-state index contributed by atoms with van der Waals surface area (Å²) in [5.41, 5.74) is 0.658. The average Bonchev–Trinajstić information content (AvgIpc) is 2.51. The molecule has 0 saturated carbocycles. The Bertz CT molecular complexity index is 525. The molecular weight excluding hydrogens is 228 g/mol. The van der Waals surface area contributed by atoms with Crippen molar-refractivity contribution in [2.75, 3.05) is 12.8 Å². The predicted octanol–water partition coefficient (Wildman–Crippen LogP) is 0.444. The number of hydrogen-bond acceptors (Lipinski definition) is 3. The van der Waals surface area contributed by atoms with Gasteiger partial charge < -0.3 is 10.6 Å². The minimum atomic E-state index is -3.25. The van der Waals surface area contributed by atoms with Crippen molar-refractivity contribution < 1.29 is 13.2 Å². The van der Waals surface area contributed by atoms with Gasteiger partial charge in [0.1, 0.15) is 0 Å². The van der Waals surface area contributed by atoms with E-state index in [4.69, 9.17) is 0 Å². The third-order valence-electron chi connectivity index (χ3n) is 2.55. The van der Waals surface area contributed by atoms with Crippen LogP contribution < -0.4 is 10.6 Å². The van der Waals surface area contributed by atoms with E-state index in [9.17, 15) is 13.2 Å². The molecule has 0 bridgehead atoms. The lowest BCUT2D eigenvalue weighted by Crippen LogP contribution is -2.36. The maximum absolute atomic E-state index is 11.8. The molecule has 2 amide bonds. The number of urea groups is 1. The summed E-state index contributed by atoms with van der Waals surface area (Å²) in [6.45, 7) is 0. The van der Waals surface area contributed by atoms with E-state index in [0.29, 0.717) is 10.5 Å². The van der Waals surface area contributed by atoms with E-state index < -0.39 is 15.9 Å². The van der Waals surface area contributed by atoms with E-state index in [1.807, 2.05) is 0 Å². The fourth-order valence-electron chi connectivity index (χ4n) is 1.80. The molecule has 2 rings (SSSR count). The van der Waals surface area contributed by atoms with Crippen LogP contribution in [0.3, 0.4) is 0 Å². The molecule has 0 unspecified atom stereocenters. The lowest BCUT2D eigenvalue weighted by molar-refractivity contribution is 0.240. The van der Waals surface area contributed by atoms with E-state index in [2.05, 4.69) is 10.6 Å². The van der Waals surface area contributed by atoms with Gasteiger partial charge in [0.25, 0.3) is 0 Å². The zero-order valence-corrected chi connectivity index (χ0v) is 9.54. The first kappa shape index (κ1) is 10.9. The second-order valence-corrected chi connectivity index (χ2v) is 5.60. The number of benzene rings is 1. The summed E-state index contributed by atoms with van der Waals surface area (Å²) in [7, 11) is -1.76. The number of fused-ring (bicyclic) bond motifs is 1. The molecule has 1 heterocycles. The Morgan fingerprint density at radius 1 is 1.38 bits per heavy atom. The Hall–Kier alpha value is -1.56. The molecule has 2 N–H and O–H groups in total. The van der Waals surface area contributed by atoms with Crippen molar-refractivity contribution >= 4 is 15.9 Å². The van der Waals surface area contributed by atoms with Crippen molar-refractivity contribution in [2.45, 2.75) is 10.9 Å². The summed E-state index contributed by atoms with van der Waals surface area (Å²) < 4.78 is 23.5. The largest absolute Gasteiger partial charge is 0.341 e. The third-order valence-corrected chi connectivity index (χ3v) is 4.36. The first-order valence-electron chi connectivity index (χ1n) is 4.84. The van der Waals surface area contributed by atoms with E-state index >= 15 is 0 Å². The van der Waals surface area contributed by atoms with Crippen molar-refractivity contribution in [3.05, 3.63) is 29.8 Å². The van der Waals surface area contributed by atoms with E-state index in [0.717, 1.165) is 0 Å². The van der Waals surface area contributed by atoms with Crippen LogP contribution in [0.5, 0.6) is 0 Å². The van der Waals surface area contributed by atoms with Gasteiger partial charge in [-0.25, -0.2) is 13.2 Å². The molecule has 1 aliphatic heterocycles. The molecule has 1 aliphatic rings. The standard InChI is InChI=1S/C10H12N2O3S/c1-11-10(13)12-8-6-16(14,15)9-5-3-2-4-7(8)9/h2-5,8H,6H2,1H3,(H2,11,12,13)/t8-/m0/s1. The quantitative estimate of drug-likeness (QED) is 0.748. The van der Waals surface area contributed by atoms with Crippen LogP contribution in [0.2, 0.25) is 0 Å². The monoisotopic (exact) mass is 240 g/mol. The summed E-state index contributed by atoms with van der Waals surface area (Å²) >= 11 is 0. The zero-order chi connectivity index (χ0) is 11.8. The molecule has 86 valence electrons. The lowest BCUT2D eigenvalue weighted by Gasteiger charge is -2.11. The Kier molecular flexibility index (Phi) is 2.59. The highest BCUT2D eigenvalue weighted by Gasteiger charge is 2.34. The number of amides is 2. The van der Waals surface area contributed by atoms with Gasteiger partial charge in [-0.05, 0) is 11.6 Å². The summed E-state index contributed by atoms with van der Waals surface area (Å²) in [5, 5.41) is 5.02. The molecule has 0 radical (unpaired) electrons. The summed E-state index contributed by atoms with van der Waals surface area (Å²) in [4.78, 5) is 11.5. The van der Waals surface area contributed by atoms with Crippen LogP contribution in [0.25, 0.3) is 0 Å². The van der Waals surface area contributed by atoms with Crippen molar-refractivity contribution in [3.8, 4) is 0 Å². The van der Waals surface area contributed by atoms with Gasteiger partial charge in [0.15, 0.2) is 9.84 Å². The molecule has 5 nitrogen and oxygen atoms in total. The summed E-state index contributed by atoms with van der Waals surface area (Å²) in [6.07, 6.45) is 0. The maximum Gasteiger partial charge on any atom is 0.315 e. The molecule has 1 atom stereocenters. The first-order chi connectivity index (χ1) is 7.54. The van der Waals surface area contributed by atoms with Gasteiger partial charge in [0.05, 0.1) is 16.7 Å². The van der Waals surface area contributed by atoms with Crippen molar-refractivity contribution in [2.24, 2.45) is 0 Å². The number of sulfone groups is 1. The topological polar surface area (TPSA) is 75.3 Å². The Morgan fingerprint density at radius 2 is 2.06 bits per heavy atom. The van der Waals surface area contributed by atoms with Crippen molar-refractivity contribution in [1.82, 2.24) is 10.6 Å². The minimum Gasteiger partial charge on any atom is -0.341 e. The SMILES string of the molecule is CNC(=O)N[C@H]1CS(=O)(=O)c2ccccc21. The van der Waals surface area contributed by atoms with Gasteiger partial charge in [-0.3, -0.25) is 0 Å². The predicted molar refractivity (Wildman–Crippen MR) is 58.8 cm³/mol. The highest BCUT2D eigenvalue weighted by molar-refractivity contribution is 7.91. The minimum absolute atomic E-state index is 0.0697. The fourth-order valence-corrected chi connectivity index (χ4v) is 3.54. The molecule has 0 aliphatic carbocycles. The number of nitrogens with one attached hydrogen (secondary N) is 2. The van der Waals surface area contributed by atoms with E-state index in [1.54, 1.807) is 24.3 Å². The molecule has 0 aromatic heterocycles. The van der Waals surface area contributed by atoms with Crippen LogP contribution >= 0.6 is 0 Å². The van der Waals surface area contributed by atoms with Gasteiger partial charge in [-0.1, -0.05) is 18.2 Å². The van der Waals surface area contributed by atoms with Crippen molar-refractivity contribution in [3.63, 3.8) is 0 Å².